The molecule has 0 saturated heterocycles. The smallest absolute Gasteiger partial charge is 0.310 e. The van der Waals surface area contributed by atoms with E-state index in [9.17, 15) is 9.59 Å². The van der Waals surface area contributed by atoms with Crippen LogP contribution in [0.3, 0.4) is 0 Å². The maximum absolute atomic E-state index is 11.6. The predicted molar refractivity (Wildman–Crippen MR) is 73.7 cm³/mol. The molecule has 0 aromatic heterocycles. The maximum Gasteiger partial charge on any atom is 0.310 e. The summed E-state index contributed by atoms with van der Waals surface area (Å²) in [4.78, 5) is 23.1. The molecule has 1 rings (SSSR count). The Labute approximate surface area is 114 Å². The summed E-state index contributed by atoms with van der Waals surface area (Å²) in [5.41, 5.74) is 1.66. The molecule has 0 spiro atoms. The third-order valence-corrected chi connectivity index (χ3v) is 2.31. The van der Waals surface area contributed by atoms with E-state index in [0.29, 0.717) is 0 Å². The summed E-state index contributed by atoms with van der Waals surface area (Å²) in [5, 5.41) is 2.73. The fourth-order valence-corrected chi connectivity index (χ4v) is 1.64. The Hall–Kier alpha value is -1.84. The SMILES string of the molecule is Cc1cccc(CC(=O)OCC(=O)NC(C)(C)C)c1. The van der Waals surface area contributed by atoms with Crippen LogP contribution in [0.15, 0.2) is 24.3 Å². The Kier molecular flexibility index (Phi) is 5.10. The lowest BCUT2D eigenvalue weighted by Crippen LogP contribution is -2.42. The van der Waals surface area contributed by atoms with Crippen molar-refractivity contribution in [2.75, 3.05) is 6.61 Å². The molecule has 0 unspecified atom stereocenters. The number of carbonyl (C=O) groups excluding carboxylic acids is 2. The highest BCUT2D eigenvalue weighted by Gasteiger charge is 2.15. The number of amides is 1. The van der Waals surface area contributed by atoms with Crippen LogP contribution in [0, 0.1) is 6.92 Å². The van der Waals surface area contributed by atoms with Crippen LogP contribution < -0.4 is 5.32 Å². The molecule has 0 bridgehead atoms. The number of carbonyl (C=O) groups is 2. The van der Waals surface area contributed by atoms with Crippen LogP contribution in [-0.2, 0) is 20.7 Å². The first-order chi connectivity index (χ1) is 8.76. The second-order valence-electron chi connectivity index (χ2n) is 5.62. The highest BCUT2D eigenvalue weighted by molar-refractivity contribution is 5.81. The van der Waals surface area contributed by atoms with Gasteiger partial charge in [-0.15, -0.1) is 0 Å². The number of nitrogens with one attached hydrogen (secondary N) is 1. The summed E-state index contributed by atoms with van der Waals surface area (Å²) < 4.78 is 4.94. The number of hydrogen-bond acceptors (Lipinski definition) is 3. The zero-order chi connectivity index (χ0) is 14.5. The van der Waals surface area contributed by atoms with Gasteiger partial charge in [0.2, 0.25) is 0 Å². The zero-order valence-electron chi connectivity index (χ0n) is 11.9. The van der Waals surface area contributed by atoms with Crippen LogP contribution in [0.2, 0.25) is 0 Å². The molecule has 0 aliphatic rings. The normalized spacial score (nSPS) is 10.9. The van der Waals surface area contributed by atoms with Crippen molar-refractivity contribution in [2.45, 2.75) is 39.7 Å². The second kappa shape index (κ2) is 6.36. The molecule has 1 aromatic carbocycles. The fourth-order valence-electron chi connectivity index (χ4n) is 1.64. The monoisotopic (exact) mass is 263 g/mol. The largest absolute Gasteiger partial charge is 0.455 e. The third-order valence-electron chi connectivity index (χ3n) is 2.31. The summed E-state index contributed by atoms with van der Waals surface area (Å²) in [6.45, 7) is 7.35. The summed E-state index contributed by atoms with van der Waals surface area (Å²) in [6, 6.07) is 7.65. The molecule has 1 N–H and O–H groups in total. The molecule has 0 heterocycles. The molecule has 1 aromatic rings. The molecule has 0 aliphatic carbocycles. The van der Waals surface area contributed by atoms with E-state index in [1.165, 1.54) is 0 Å². The lowest BCUT2D eigenvalue weighted by Gasteiger charge is -2.20. The van der Waals surface area contributed by atoms with Gasteiger partial charge in [-0.2, -0.15) is 0 Å². The minimum absolute atomic E-state index is 0.185. The molecule has 0 saturated carbocycles. The number of benzene rings is 1. The first-order valence-corrected chi connectivity index (χ1v) is 6.28. The van der Waals surface area contributed by atoms with Gasteiger partial charge in [0.25, 0.3) is 5.91 Å². The van der Waals surface area contributed by atoms with Gasteiger partial charge in [0, 0.05) is 5.54 Å². The number of hydrogen-bond donors (Lipinski definition) is 1. The van der Waals surface area contributed by atoms with Gasteiger partial charge in [-0.25, -0.2) is 0 Å². The zero-order valence-corrected chi connectivity index (χ0v) is 11.9. The first-order valence-electron chi connectivity index (χ1n) is 6.28. The molecular weight excluding hydrogens is 242 g/mol. The van der Waals surface area contributed by atoms with Crippen molar-refractivity contribution in [3.63, 3.8) is 0 Å². The van der Waals surface area contributed by atoms with E-state index >= 15 is 0 Å². The first kappa shape index (κ1) is 15.2. The minimum atomic E-state index is -0.394. The molecule has 0 fully saturated rings. The van der Waals surface area contributed by atoms with E-state index in [4.69, 9.17) is 4.74 Å². The van der Waals surface area contributed by atoms with Crippen LogP contribution in [0.1, 0.15) is 31.9 Å². The molecule has 0 aliphatic heterocycles. The van der Waals surface area contributed by atoms with Crippen LogP contribution in [-0.4, -0.2) is 24.0 Å². The topological polar surface area (TPSA) is 55.4 Å². The second-order valence-corrected chi connectivity index (χ2v) is 5.62. The van der Waals surface area contributed by atoms with Gasteiger partial charge >= 0.3 is 5.97 Å². The summed E-state index contributed by atoms with van der Waals surface area (Å²) >= 11 is 0. The summed E-state index contributed by atoms with van der Waals surface area (Å²) in [6.07, 6.45) is 0.185. The predicted octanol–water partition coefficient (Wildman–Crippen LogP) is 2.00. The Morgan fingerprint density at radius 3 is 2.53 bits per heavy atom. The molecule has 4 heteroatoms. The van der Waals surface area contributed by atoms with Gasteiger partial charge in [-0.1, -0.05) is 29.8 Å². The molecule has 0 atom stereocenters. The standard InChI is InChI=1S/C15H21NO3/c1-11-6-5-7-12(8-11)9-14(18)19-10-13(17)16-15(2,3)4/h5-8H,9-10H2,1-4H3,(H,16,17). The lowest BCUT2D eigenvalue weighted by atomic mass is 10.1. The fraction of sp³-hybridized carbons (Fsp3) is 0.467. The van der Waals surface area contributed by atoms with Crippen molar-refractivity contribution in [1.29, 1.82) is 0 Å². The highest BCUT2D eigenvalue weighted by atomic mass is 16.5. The number of aryl methyl sites for hydroxylation is 1. The van der Waals surface area contributed by atoms with E-state index in [0.717, 1.165) is 11.1 Å². The number of esters is 1. The molecule has 4 nitrogen and oxygen atoms in total. The summed E-state index contributed by atoms with van der Waals surface area (Å²) in [7, 11) is 0. The van der Waals surface area contributed by atoms with Crippen molar-refractivity contribution in [3.8, 4) is 0 Å². The quantitative estimate of drug-likeness (QED) is 0.845. The minimum Gasteiger partial charge on any atom is -0.455 e. The van der Waals surface area contributed by atoms with Gasteiger partial charge in [0.15, 0.2) is 6.61 Å². The van der Waals surface area contributed by atoms with Crippen molar-refractivity contribution in [2.24, 2.45) is 0 Å². The molecular formula is C15H21NO3. The van der Waals surface area contributed by atoms with E-state index in [2.05, 4.69) is 5.32 Å². The van der Waals surface area contributed by atoms with Gasteiger partial charge in [-0.3, -0.25) is 9.59 Å². The van der Waals surface area contributed by atoms with Gasteiger partial charge < -0.3 is 10.1 Å². The number of rotatable bonds is 4. The third kappa shape index (κ3) is 6.60. The van der Waals surface area contributed by atoms with E-state index in [1.54, 1.807) is 0 Å². The molecule has 0 radical (unpaired) electrons. The summed E-state index contributed by atoms with van der Waals surface area (Å²) in [5.74, 6) is -0.681. The lowest BCUT2D eigenvalue weighted by molar-refractivity contribution is -0.148. The van der Waals surface area contributed by atoms with Gasteiger partial charge in [0.05, 0.1) is 6.42 Å². The van der Waals surface area contributed by atoms with Gasteiger partial charge in [0.1, 0.15) is 0 Å². The van der Waals surface area contributed by atoms with Crippen LogP contribution in [0.5, 0.6) is 0 Å². The Bertz CT molecular complexity index is 461. The Morgan fingerprint density at radius 2 is 1.95 bits per heavy atom. The van der Waals surface area contributed by atoms with Crippen molar-refractivity contribution >= 4 is 11.9 Å². The molecule has 19 heavy (non-hydrogen) atoms. The van der Waals surface area contributed by atoms with Crippen LogP contribution in [0.4, 0.5) is 0 Å². The van der Waals surface area contributed by atoms with E-state index < -0.39 is 5.97 Å². The average molecular weight is 263 g/mol. The average Bonchev–Trinajstić information content (AvgIpc) is 2.24. The van der Waals surface area contributed by atoms with Crippen molar-refractivity contribution < 1.29 is 14.3 Å². The van der Waals surface area contributed by atoms with Crippen molar-refractivity contribution in [1.82, 2.24) is 5.32 Å². The molecule has 104 valence electrons. The van der Waals surface area contributed by atoms with Crippen LogP contribution >= 0.6 is 0 Å². The van der Waals surface area contributed by atoms with Gasteiger partial charge in [-0.05, 0) is 33.3 Å². The Balaban J connectivity index is 2.38. The number of ether oxygens (including phenoxy) is 1. The maximum atomic E-state index is 11.6. The molecule has 1 amide bonds. The van der Waals surface area contributed by atoms with E-state index in [-0.39, 0.29) is 24.5 Å². The van der Waals surface area contributed by atoms with Crippen LogP contribution in [0.25, 0.3) is 0 Å². The van der Waals surface area contributed by atoms with Crippen molar-refractivity contribution in [3.05, 3.63) is 35.4 Å². The highest BCUT2D eigenvalue weighted by Crippen LogP contribution is 2.05. The van der Waals surface area contributed by atoms with E-state index in [1.807, 2.05) is 52.0 Å². The Morgan fingerprint density at radius 1 is 1.26 bits per heavy atom.